The fourth-order valence-corrected chi connectivity index (χ4v) is 1.96. The molecule has 0 bridgehead atoms. The number of aliphatic imine (C=N–C) groups is 1. The number of halogens is 1. The standard InChI is InChI=1S/C9H17NO4.C6H14N4O2.ClH/c1-7(11)9(14,5-8(12)13)6-10(2,3)4;7-4(5(11)12)2-1-3-10-6(8)9;/h14H,5-6H2,1-4H3;4H,1-3,7H2,(H,11,12)(H4,8,9,10);1H/t9-;4-;/m10./s1. The van der Waals surface area contributed by atoms with E-state index in [-0.39, 0.29) is 24.9 Å². The molecule has 0 aliphatic rings. The number of aliphatic hydroxyl groups is 1. The summed E-state index contributed by atoms with van der Waals surface area (Å²) < 4.78 is 0.309. The number of Topliss-reactive ketones (excluding diaryl/α,β-unsaturated/α-hetero) is 1. The average molecular weight is 414 g/mol. The predicted molar refractivity (Wildman–Crippen MR) is 101 cm³/mol. The van der Waals surface area contributed by atoms with E-state index < -0.39 is 35.8 Å². The van der Waals surface area contributed by atoms with Gasteiger partial charge in [0.1, 0.15) is 12.6 Å². The molecule has 0 saturated heterocycles. The van der Waals surface area contributed by atoms with Gasteiger partial charge in [-0.2, -0.15) is 0 Å². The van der Waals surface area contributed by atoms with Crippen LogP contribution >= 0.6 is 12.4 Å². The van der Waals surface area contributed by atoms with Crippen LogP contribution in [0.15, 0.2) is 4.99 Å². The SMILES string of the molecule is CC(=O)[C@@](O)(CC(=O)[O-])C[N+](C)(C)C.Cl.NC(N)=NCCC[C@H](N)C(=O)O. The lowest BCUT2D eigenvalue weighted by Gasteiger charge is -2.34. The third-order valence-electron chi connectivity index (χ3n) is 3.11. The Morgan fingerprint density at radius 2 is 1.70 bits per heavy atom. The minimum atomic E-state index is -1.82. The fourth-order valence-electron chi connectivity index (χ4n) is 1.96. The number of carbonyl (C=O) groups is 3. The number of nitrogens with zero attached hydrogens (tertiary/aromatic N) is 2. The van der Waals surface area contributed by atoms with E-state index in [0.29, 0.717) is 23.9 Å². The third-order valence-corrected chi connectivity index (χ3v) is 3.11. The molecule has 0 rings (SSSR count). The number of guanidine groups is 1. The van der Waals surface area contributed by atoms with Crippen LogP contribution in [-0.4, -0.2) is 84.3 Å². The monoisotopic (exact) mass is 413 g/mol. The highest BCUT2D eigenvalue weighted by Crippen LogP contribution is 2.15. The summed E-state index contributed by atoms with van der Waals surface area (Å²) in [7, 11) is 5.30. The number of hydrogen-bond donors (Lipinski definition) is 5. The number of carbonyl (C=O) groups excluding carboxylic acids is 2. The maximum absolute atomic E-state index is 11.1. The van der Waals surface area contributed by atoms with Gasteiger partial charge in [-0.15, -0.1) is 12.4 Å². The number of aliphatic carboxylic acids is 2. The normalized spacial score (nSPS) is 13.7. The number of nitrogens with two attached hydrogens (primary N) is 3. The van der Waals surface area contributed by atoms with Crippen LogP contribution in [0.5, 0.6) is 0 Å². The topological polar surface area (TPSA) is 205 Å². The first kappa shape index (κ1) is 29.8. The summed E-state index contributed by atoms with van der Waals surface area (Å²) in [6.07, 6.45) is 0.301. The van der Waals surface area contributed by atoms with Gasteiger partial charge < -0.3 is 41.8 Å². The van der Waals surface area contributed by atoms with Crippen LogP contribution in [0.2, 0.25) is 0 Å². The van der Waals surface area contributed by atoms with Crippen molar-refractivity contribution in [3.63, 3.8) is 0 Å². The zero-order valence-corrected chi connectivity index (χ0v) is 17.0. The van der Waals surface area contributed by atoms with Gasteiger partial charge in [-0.1, -0.05) is 0 Å². The number of ketones is 1. The number of quaternary nitrogens is 1. The van der Waals surface area contributed by atoms with Crippen molar-refractivity contribution in [3.8, 4) is 0 Å². The zero-order chi connectivity index (χ0) is 21.1. The summed E-state index contributed by atoms with van der Waals surface area (Å²) >= 11 is 0. The van der Waals surface area contributed by atoms with Crippen LogP contribution in [0.4, 0.5) is 0 Å². The molecule has 0 fully saturated rings. The van der Waals surface area contributed by atoms with E-state index in [1.165, 1.54) is 6.92 Å². The van der Waals surface area contributed by atoms with Gasteiger partial charge in [0.2, 0.25) is 0 Å². The largest absolute Gasteiger partial charge is 0.550 e. The van der Waals surface area contributed by atoms with Crippen molar-refractivity contribution >= 4 is 36.1 Å². The predicted octanol–water partition coefficient (Wildman–Crippen LogP) is -2.97. The smallest absolute Gasteiger partial charge is 0.320 e. The van der Waals surface area contributed by atoms with Gasteiger partial charge in [-0.3, -0.25) is 14.6 Å². The highest BCUT2D eigenvalue weighted by atomic mass is 35.5. The lowest BCUT2D eigenvalue weighted by molar-refractivity contribution is -0.875. The van der Waals surface area contributed by atoms with Crippen LogP contribution in [-0.2, 0) is 14.4 Å². The van der Waals surface area contributed by atoms with Crippen molar-refractivity contribution in [2.45, 2.75) is 37.8 Å². The van der Waals surface area contributed by atoms with Gasteiger partial charge in [0.05, 0.1) is 21.1 Å². The lowest BCUT2D eigenvalue weighted by Crippen LogP contribution is -2.55. The molecule has 0 aliphatic heterocycles. The van der Waals surface area contributed by atoms with E-state index in [4.69, 9.17) is 22.3 Å². The minimum absolute atomic E-state index is 0. The molecule has 0 unspecified atom stereocenters. The van der Waals surface area contributed by atoms with Gasteiger partial charge in [0, 0.05) is 18.9 Å². The van der Waals surface area contributed by atoms with Crippen molar-refractivity contribution < 1.29 is 34.2 Å². The molecule has 160 valence electrons. The number of likely N-dealkylation sites (N-methyl/N-ethyl adjacent to an activating group) is 1. The second kappa shape index (κ2) is 13.3. The molecule has 0 aromatic carbocycles. The molecule has 11 nitrogen and oxygen atoms in total. The molecular formula is C15H32ClN5O6. The summed E-state index contributed by atoms with van der Waals surface area (Å²) in [5.41, 5.74) is 13.5. The molecule has 0 saturated carbocycles. The van der Waals surface area contributed by atoms with Gasteiger partial charge in [-0.05, 0) is 19.8 Å². The molecule has 0 amide bonds. The van der Waals surface area contributed by atoms with Crippen molar-refractivity contribution in [1.82, 2.24) is 0 Å². The Bertz CT molecular complexity index is 519. The number of carboxylic acid groups (broad SMARTS) is 2. The number of rotatable bonds is 10. The first-order valence-corrected chi connectivity index (χ1v) is 7.88. The number of carboxylic acids is 2. The quantitative estimate of drug-likeness (QED) is 0.107. The van der Waals surface area contributed by atoms with Gasteiger partial charge in [0.25, 0.3) is 0 Å². The molecule has 0 heterocycles. The first-order chi connectivity index (χ1) is 11.6. The van der Waals surface area contributed by atoms with Crippen LogP contribution in [0.25, 0.3) is 0 Å². The van der Waals surface area contributed by atoms with Gasteiger partial charge in [-0.25, -0.2) is 0 Å². The molecule has 27 heavy (non-hydrogen) atoms. The Kier molecular flexibility index (Phi) is 14.6. The van der Waals surface area contributed by atoms with Crippen LogP contribution < -0.4 is 22.3 Å². The third kappa shape index (κ3) is 17.2. The summed E-state index contributed by atoms with van der Waals surface area (Å²) in [5.74, 6) is -2.95. The molecule has 0 radical (unpaired) electrons. The van der Waals surface area contributed by atoms with Crippen LogP contribution in [0, 0.1) is 0 Å². The number of hydrogen-bond acceptors (Lipinski definition) is 7. The Morgan fingerprint density at radius 1 is 1.22 bits per heavy atom. The Hall–Kier alpha value is -1.95. The van der Waals surface area contributed by atoms with Crippen molar-refractivity contribution in [2.75, 3.05) is 34.2 Å². The van der Waals surface area contributed by atoms with Crippen LogP contribution in [0.3, 0.4) is 0 Å². The maximum Gasteiger partial charge on any atom is 0.320 e. The summed E-state index contributed by atoms with van der Waals surface area (Å²) in [5, 5.41) is 28.6. The average Bonchev–Trinajstić information content (AvgIpc) is 2.40. The zero-order valence-electron chi connectivity index (χ0n) is 16.2. The molecule has 0 aromatic heterocycles. The first-order valence-electron chi connectivity index (χ1n) is 7.88. The Labute approximate surface area is 165 Å². The molecule has 0 aromatic rings. The van der Waals surface area contributed by atoms with E-state index in [9.17, 15) is 24.6 Å². The molecule has 0 aliphatic carbocycles. The van der Waals surface area contributed by atoms with E-state index in [0.717, 1.165) is 0 Å². The second-order valence-electron chi connectivity index (χ2n) is 6.98. The van der Waals surface area contributed by atoms with E-state index >= 15 is 0 Å². The van der Waals surface area contributed by atoms with Crippen molar-refractivity contribution in [1.29, 1.82) is 0 Å². The Balaban J connectivity index is -0.000000416. The fraction of sp³-hybridized carbons (Fsp3) is 0.733. The van der Waals surface area contributed by atoms with E-state index in [1.54, 1.807) is 21.1 Å². The van der Waals surface area contributed by atoms with Gasteiger partial charge >= 0.3 is 5.97 Å². The van der Waals surface area contributed by atoms with Crippen molar-refractivity contribution in [3.05, 3.63) is 0 Å². The molecule has 2 atom stereocenters. The summed E-state index contributed by atoms with van der Waals surface area (Å²) in [6.45, 7) is 1.65. The van der Waals surface area contributed by atoms with Crippen molar-refractivity contribution in [2.24, 2.45) is 22.2 Å². The van der Waals surface area contributed by atoms with Crippen LogP contribution in [0.1, 0.15) is 26.2 Å². The van der Waals surface area contributed by atoms with Gasteiger partial charge in [0.15, 0.2) is 17.3 Å². The second-order valence-corrected chi connectivity index (χ2v) is 6.98. The molecule has 12 heteroatoms. The lowest BCUT2D eigenvalue weighted by atomic mass is 9.94. The molecule has 0 spiro atoms. The summed E-state index contributed by atoms with van der Waals surface area (Å²) in [6, 6.07) is -0.820. The van der Waals surface area contributed by atoms with E-state index in [2.05, 4.69) is 4.99 Å². The highest BCUT2D eigenvalue weighted by Gasteiger charge is 2.38. The summed E-state index contributed by atoms with van der Waals surface area (Å²) in [4.78, 5) is 35.4. The van der Waals surface area contributed by atoms with E-state index in [1.807, 2.05) is 0 Å². The highest BCUT2D eigenvalue weighted by molar-refractivity contribution is 5.88. The minimum Gasteiger partial charge on any atom is -0.550 e. The molecular weight excluding hydrogens is 382 g/mol. The Morgan fingerprint density at radius 3 is 2.00 bits per heavy atom. The molecule has 8 N–H and O–H groups in total. The maximum atomic E-state index is 11.1.